The summed E-state index contributed by atoms with van der Waals surface area (Å²) in [5.41, 5.74) is 7.63. The summed E-state index contributed by atoms with van der Waals surface area (Å²) in [6.07, 6.45) is 0. The van der Waals surface area contributed by atoms with Crippen molar-refractivity contribution in [2.45, 2.75) is 13.8 Å². The van der Waals surface area contributed by atoms with E-state index >= 15 is 0 Å². The number of nitrogens with one attached hydrogen (secondary N) is 1. The van der Waals surface area contributed by atoms with E-state index in [1.165, 1.54) is 0 Å². The van der Waals surface area contributed by atoms with Crippen LogP contribution in [-0.4, -0.2) is 15.2 Å². The second-order valence-electron chi connectivity index (χ2n) is 4.37. The van der Waals surface area contributed by atoms with E-state index < -0.39 is 11.6 Å². The number of hydrogen-bond donors (Lipinski definition) is 2. The molecule has 0 aliphatic carbocycles. The Balaban J connectivity index is 2.55. The lowest BCUT2D eigenvalue weighted by Crippen LogP contribution is -2.17. The molecule has 0 aliphatic heterocycles. The SMILES string of the molecule is Cc1nnc(Nc2c(F)cc(F)cc2Br)c(C(N)=S)c1C. The molecule has 0 unspecified atom stereocenters. The van der Waals surface area contributed by atoms with Gasteiger partial charge in [-0.3, -0.25) is 0 Å². The van der Waals surface area contributed by atoms with Gasteiger partial charge in [-0.2, -0.15) is 5.10 Å². The van der Waals surface area contributed by atoms with Gasteiger partial charge in [-0.25, -0.2) is 8.78 Å². The van der Waals surface area contributed by atoms with E-state index in [-0.39, 0.29) is 21.0 Å². The number of rotatable bonds is 3. The first-order valence-electron chi connectivity index (χ1n) is 5.86. The molecular weight excluding hydrogens is 362 g/mol. The fourth-order valence-corrected chi connectivity index (χ4v) is 2.53. The lowest BCUT2D eigenvalue weighted by molar-refractivity contribution is 0.584. The highest BCUT2D eigenvalue weighted by atomic mass is 79.9. The maximum atomic E-state index is 13.9. The van der Waals surface area contributed by atoms with Gasteiger partial charge in [0.05, 0.1) is 16.9 Å². The standard InChI is InChI=1S/C13H11BrF2N4S/c1-5-6(2)19-20-13(10(5)12(17)21)18-11-8(14)3-7(15)4-9(11)16/h3-4H,1-2H3,(H2,17,21)(H,18,20). The Morgan fingerprint density at radius 2 is 1.95 bits per heavy atom. The Labute approximate surface area is 133 Å². The van der Waals surface area contributed by atoms with Crippen LogP contribution in [0.15, 0.2) is 16.6 Å². The third-order valence-corrected chi connectivity index (χ3v) is 3.78. The molecule has 2 aromatic rings. The predicted octanol–water partition coefficient (Wildman–Crippen LogP) is 3.51. The quantitative estimate of drug-likeness (QED) is 0.807. The molecule has 4 nitrogen and oxygen atoms in total. The number of hydrogen-bond acceptors (Lipinski definition) is 4. The van der Waals surface area contributed by atoms with E-state index in [1.807, 2.05) is 0 Å². The van der Waals surface area contributed by atoms with E-state index in [4.69, 9.17) is 18.0 Å². The molecule has 0 fully saturated rings. The summed E-state index contributed by atoms with van der Waals surface area (Å²) in [5, 5.41) is 10.7. The lowest BCUT2D eigenvalue weighted by atomic mass is 10.1. The van der Waals surface area contributed by atoms with Crippen LogP contribution in [0.25, 0.3) is 0 Å². The molecular formula is C13H11BrF2N4S. The van der Waals surface area contributed by atoms with Crippen molar-refractivity contribution in [3.63, 3.8) is 0 Å². The molecule has 0 amide bonds. The largest absolute Gasteiger partial charge is 0.389 e. The Hall–Kier alpha value is -1.67. The second-order valence-corrected chi connectivity index (χ2v) is 5.66. The first-order valence-corrected chi connectivity index (χ1v) is 7.06. The van der Waals surface area contributed by atoms with Gasteiger partial charge in [0, 0.05) is 10.5 Å². The molecule has 0 saturated carbocycles. The lowest BCUT2D eigenvalue weighted by Gasteiger charge is -2.14. The highest BCUT2D eigenvalue weighted by molar-refractivity contribution is 9.10. The van der Waals surface area contributed by atoms with Gasteiger partial charge in [-0.1, -0.05) is 12.2 Å². The van der Waals surface area contributed by atoms with Crippen LogP contribution in [0.3, 0.4) is 0 Å². The molecule has 1 aromatic carbocycles. The molecule has 3 N–H and O–H groups in total. The van der Waals surface area contributed by atoms with E-state index in [1.54, 1.807) is 13.8 Å². The summed E-state index contributed by atoms with van der Waals surface area (Å²) >= 11 is 8.10. The molecule has 2 rings (SSSR count). The van der Waals surface area contributed by atoms with Gasteiger partial charge >= 0.3 is 0 Å². The fourth-order valence-electron chi connectivity index (χ4n) is 1.78. The number of anilines is 2. The molecule has 0 atom stereocenters. The minimum absolute atomic E-state index is 0.0338. The normalized spacial score (nSPS) is 10.5. The van der Waals surface area contributed by atoms with Gasteiger partial charge in [-0.05, 0) is 41.4 Å². The van der Waals surface area contributed by atoms with Crippen LogP contribution in [0, 0.1) is 25.5 Å². The van der Waals surface area contributed by atoms with Crippen molar-refractivity contribution in [2.75, 3.05) is 5.32 Å². The first-order chi connectivity index (χ1) is 9.81. The molecule has 0 bridgehead atoms. The van der Waals surface area contributed by atoms with Crippen molar-refractivity contribution in [3.05, 3.63) is 45.1 Å². The van der Waals surface area contributed by atoms with Crippen LogP contribution in [0.2, 0.25) is 0 Å². The third-order valence-electron chi connectivity index (χ3n) is 2.95. The Kier molecular flexibility index (Phi) is 4.48. The average molecular weight is 373 g/mol. The topological polar surface area (TPSA) is 63.8 Å². The highest BCUT2D eigenvalue weighted by Gasteiger charge is 2.17. The van der Waals surface area contributed by atoms with Crippen LogP contribution < -0.4 is 11.1 Å². The second kappa shape index (κ2) is 5.98. The number of nitrogens with two attached hydrogens (primary N) is 1. The fraction of sp³-hybridized carbons (Fsp3) is 0.154. The molecule has 0 saturated heterocycles. The van der Waals surface area contributed by atoms with Gasteiger partial charge < -0.3 is 11.1 Å². The zero-order chi connectivity index (χ0) is 15.7. The predicted molar refractivity (Wildman–Crippen MR) is 84.7 cm³/mol. The number of aromatic nitrogens is 2. The van der Waals surface area contributed by atoms with Crippen LogP contribution in [-0.2, 0) is 0 Å². The van der Waals surface area contributed by atoms with Crippen LogP contribution >= 0.6 is 28.1 Å². The molecule has 1 heterocycles. The van der Waals surface area contributed by atoms with Crippen molar-refractivity contribution in [1.29, 1.82) is 0 Å². The molecule has 1 aromatic heterocycles. The van der Waals surface area contributed by atoms with E-state index in [9.17, 15) is 8.78 Å². The van der Waals surface area contributed by atoms with Crippen LogP contribution in [0.1, 0.15) is 16.8 Å². The van der Waals surface area contributed by atoms with Gasteiger partial charge in [0.1, 0.15) is 10.8 Å². The monoisotopic (exact) mass is 372 g/mol. The minimum atomic E-state index is -0.768. The maximum absolute atomic E-state index is 13.9. The Morgan fingerprint density at radius 1 is 1.29 bits per heavy atom. The Bertz CT molecular complexity index is 713. The molecule has 21 heavy (non-hydrogen) atoms. The molecule has 110 valence electrons. The Morgan fingerprint density at radius 3 is 2.52 bits per heavy atom. The summed E-state index contributed by atoms with van der Waals surface area (Å²) in [7, 11) is 0. The average Bonchev–Trinajstić information content (AvgIpc) is 2.37. The van der Waals surface area contributed by atoms with Gasteiger partial charge in [0.2, 0.25) is 0 Å². The van der Waals surface area contributed by atoms with Crippen molar-refractivity contribution >= 4 is 44.6 Å². The van der Waals surface area contributed by atoms with Crippen molar-refractivity contribution in [2.24, 2.45) is 5.73 Å². The third kappa shape index (κ3) is 3.16. The van der Waals surface area contributed by atoms with Crippen LogP contribution in [0.5, 0.6) is 0 Å². The first kappa shape index (κ1) is 15.7. The number of halogens is 3. The van der Waals surface area contributed by atoms with Crippen molar-refractivity contribution in [3.8, 4) is 0 Å². The highest BCUT2D eigenvalue weighted by Crippen LogP contribution is 2.31. The van der Waals surface area contributed by atoms with Crippen molar-refractivity contribution < 1.29 is 8.78 Å². The summed E-state index contributed by atoms with van der Waals surface area (Å²) in [6.45, 7) is 3.56. The molecule has 0 aliphatic rings. The molecule has 0 radical (unpaired) electrons. The molecule has 0 spiro atoms. The van der Waals surface area contributed by atoms with E-state index in [0.717, 1.165) is 17.7 Å². The van der Waals surface area contributed by atoms with Gasteiger partial charge in [0.25, 0.3) is 0 Å². The zero-order valence-corrected chi connectivity index (χ0v) is 13.6. The number of benzene rings is 1. The molecule has 8 heteroatoms. The van der Waals surface area contributed by atoms with Gasteiger partial charge in [0.15, 0.2) is 11.6 Å². The number of aryl methyl sites for hydroxylation is 1. The summed E-state index contributed by atoms with van der Waals surface area (Å²) < 4.78 is 27.2. The van der Waals surface area contributed by atoms with E-state index in [2.05, 4.69) is 31.4 Å². The van der Waals surface area contributed by atoms with E-state index in [0.29, 0.717) is 11.3 Å². The van der Waals surface area contributed by atoms with Gasteiger partial charge in [-0.15, -0.1) is 5.10 Å². The number of nitrogens with zero attached hydrogens (tertiary/aromatic N) is 2. The van der Waals surface area contributed by atoms with Crippen molar-refractivity contribution in [1.82, 2.24) is 10.2 Å². The number of thiocarbonyl (C=S) groups is 1. The summed E-state index contributed by atoms with van der Waals surface area (Å²) in [4.78, 5) is 0.117. The minimum Gasteiger partial charge on any atom is -0.389 e. The zero-order valence-electron chi connectivity index (χ0n) is 11.2. The summed E-state index contributed by atoms with van der Waals surface area (Å²) in [5.74, 6) is -1.24. The van der Waals surface area contributed by atoms with Crippen LogP contribution in [0.4, 0.5) is 20.3 Å². The summed E-state index contributed by atoms with van der Waals surface area (Å²) in [6, 6.07) is 1.91. The maximum Gasteiger partial charge on any atom is 0.163 e. The smallest absolute Gasteiger partial charge is 0.163 e.